The zero-order valence-electron chi connectivity index (χ0n) is 11.7. The Morgan fingerprint density at radius 1 is 1.45 bits per heavy atom. The predicted molar refractivity (Wildman–Crippen MR) is 79.5 cm³/mol. The molecule has 0 unspecified atom stereocenters. The number of nitrogens with zero attached hydrogens (tertiary/aromatic N) is 2. The van der Waals surface area contributed by atoms with Gasteiger partial charge in [0, 0.05) is 24.2 Å². The van der Waals surface area contributed by atoms with Crippen LogP contribution in [0.15, 0.2) is 12.3 Å². The summed E-state index contributed by atoms with van der Waals surface area (Å²) in [6.07, 6.45) is 2.90. The van der Waals surface area contributed by atoms with Crippen LogP contribution < -0.4 is 10.6 Å². The first kappa shape index (κ1) is 16.0. The van der Waals surface area contributed by atoms with E-state index in [9.17, 15) is 9.59 Å². The maximum Gasteiger partial charge on any atom is 0.404 e. The summed E-state index contributed by atoms with van der Waals surface area (Å²) in [5.74, 6) is -0.214. The van der Waals surface area contributed by atoms with Gasteiger partial charge in [-0.1, -0.05) is 18.0 Å². The van der Waals surface area contributed by atoms with Gasteiger partial charge in [0.15, 0.2) is 0 Å². The monoisotopic (exact) mass is 322 g/mol. The number of rotatable bonds is 3. The van der Waals surface area contributed by atoms with Crippen molar-refractivity contribution in [3.8, 4) is 6.07 Å². The van der Waals surface area contributed by atoms with Crippen LogP contribution in [-0.2, 0) is 4.79 Å². The number of pyridine rings is 1. The van der Waals surface area contributed by atoms with Crippen LogP contribution >= 0.6 is 11.6 Å². The van der Waals surface area contributed by atoms with Crippen LogP contribution in [-0.4, -0.2) is 28.1 Å². The van der Waals surface area contributed by atoms with Crippen LogP contribution in [0, 0.1) is 17.2 Å². The number of aromatic nitrogens is 1. The summed E-state index contributed by atoms with van der Waals surface area (Å²) in [6.45, 7) is 0. The number of anilines is 1. The maximum absolute atomic E-state index is 12.2. The van der Waals surface area contributed by atoms with Gasteiger partial charge in [-0.3, -0.25) is 4.79 Å². The molecule has 0 aliphatic heterocycles. The largest absolute Gasteiger partial charge is 0.465 e. The van der Waals surface area contributed by atoms with Crippen LogP contribution in [0.2, 0.25) is 5.02 Å². The van der Waals surface area contributed by atoms with E-state index in [1.807, 2.05) is 6.07 Å². The SMILES string of the molecule is N#Cc1cnc(NC(=O)[C@H]2CCC[C@@H](NC(=O)O)C2)cc1Cl. The fourth-order valence-electron chi connectivity index (χ4n) is 2.54. The molecule has 7 nitrogen and oxygen atoms in total. The molecule has 0 radical (unpaired) electrons. The van der Waals surface area contributed by atoms with Crippen LogP contribution in [0.3, 0.4) is 0 Å². The van der Waals surface area contributed by atoms with E-state index < -0.39 is 6.09 Å². The highest BCUT2D eigenvalue weighted by Gasteiger charge is 2.28. The molecule has 8 heteroatoms. The number of carbonyl (C=O) groups is 2. The minimum atomic E-state index is -1.08. The molecule has 2 rings (SSSR count). The molecular formula is C14H15ClN4O3. The number of halogens is 1. The smallest absolute Gasteiger partial charge is 0.404 e. The van der Waals surface area contributed by atoms with Crippen molar-refractivity contribution in [1.82, 2.24) is 10.3 Å². The van der Waals surface area contributed by atoms with Gasteiger partial charge in [-0.25, -0.2) is 9.78 Å². The third-order valence-electron chi connectivity index (χ3n) is 3.60. The lowest BCUT2D eigenvalue weighted by Crippen LogP contribution is -2.40. The fourth-order valence-corrected chi connectivity index (χ4v) is 2.74. The summed E-state index contributed by atoms with van der Waals surface area (Å²) >= 11 is 5.89. The first-order chi connectivity index (χ1) is 10.5. The molecule has 0 spiro atoms. The lowest BCUT2D eigenvalue weighted by atomic mass is 9.85. The van der Waals surface area contributed by atoms with Gasteiger partial charge in [0.05, 0.1) is 10.6 Å². The molecule has 1 aliphatic rings. The normalized spacial score (nSPS) is 20.7. The van der Waals surface area contributed by atoms with Crippen molar-refractivity contribution in [2.75, 3.05) is 5.32 Å². The van der Waals surface area contributed by atoms with E-state index in [-0.39, 0.29) is 34.3 Å². The summed E-state index contributed by atoms with van der Waals surface area (Å²) in [5, 5.41) is 22.8. The van der Waals surface area contributed by atoms with Gasteiger partial charge >= 0.3 is 6.09 Å². The zero-order chi connectivity index (χ0) is 16.1. The molecular weight excluding hydrogens is 308 g/mol. The number of hydrogen-bond donors (Lipinski definition) is 3. The Labute approximate surface area is 132 Å². The van der Waals surface area contributed by atoms with Crippen LogP contribution in [0.4, 0.5) is 10.6 Å². The molecule has 1 aromatic rings. The molecule has 1 saturated carbocycles. The minimum Gasteiger partial charge on any atom is -0.465 e. The van der Waals surface area contributed by atoms with Gasteiger partial charge in [0.25, 0.3) is 0 Å². The molecule has 1 aliphatic carbocycles. The molecule has 1 heterocycles. The van der Waals surface area contributed by atoms with E-state index in [1.54, 1.807) is 0 Å². The number of hydrogen-bond acceptors (Lipinski definition) is 4. The number of nitriles is 1. The Bertz CT molecular complexity index is 629. The number of amides is 2. The van der Waals surface area contributed by atoms with E-state index in [0.717, 1.165) is 12.8 Å². The third kappa shape index (κ3) is 4.09. The lowest BCUT2D eigenvalue weighted by molar-refractivity contribution is -0.121. The Balaban J connectivity index is 1.98. The van der Waals surface area contributed by atoms with Gasteiger partial charge in [0.2, 0.25) is 5.91 Å². The summed E-state index contributed by atoms with van der Waals surface area (Å²) in [5.41, 5.74) is 0.239. The standard InChI is InChI=1S/C14H15ClN4O3/c15-11-5-12(17-7-9(11)6-16)19-13(20)8-2-1-3-10(4-8)18-14(21)22/h5,7-8,10,18H,1-4H2,(H,21,22)(H,17,19,20)/t8-,10+/m0/s1. The van der Waals surface area contributed by atoms with E-state index >= 15 is 0 Å². The Morgan fingerprint density at radius 3 is 2.86 bits per heavy atom. The van der Waals surface area contributed by atoms with Crippen molar-refractivity contribution in [2.24, 2.45) is 5.92 Å². The molecule has 0 bridgehead atoms. The topological polar surface area (TPSA) is 115 Å². The minimum absolute atomic E-state index is 0.209. The third-order valence-corrected chi connectivity index (χ3v) is 3.91. The van der Waals surface area contributed by atoms with Gasteiger partial charge in [-0.15, -0.1) is 0 Å². The molecule has 2 atom stereocenters. The molecule has 3 N–H and O–H groups in total. The fraction of sp³-hybridized carbons (Fsp3) is 0.429. The first-order valence-electron chi connectivity index (χ1n) is 6.85. The number of nitrogens with one attached hydrogen (secondary N) is 2. The van der Waals surface area contributed by atoms with Crippen LogP contribution in [0.25, 0.3) is 0 Å². The molecule has 1 aromatic heterocycles. The molecule has 2 amide bonds. The second-order valence-corrected chi connectivity index (χ2v) is 5.57. The van der Waals surface area contributed by atoms with Crippen molar-refractivity contribution < 1.29 is 14.7 Å². The van der Waals surface area contributed by atoms with Crippen molar-refractivity contribution in [3.63, 3.8) is 0 Å². The van der Waals surface area contributed by atoms with E-state index in [2.05, 4.69) is 15.6 Å². The lowest BCUT2D eigenvalue weighted by Gasteiger charge is -2.28. The van der Waals surface area contributed by atoms with E-state index in [0.29, 0.717) is 12.8 Å². The number of carboxylic acid groups (broad SMARTS) is 1. The van der Waals surface area contributed by atoms with Crippen LogP contribution in [0.1, 0.15) is 31.2 Å². The highest BCUT2D eigenvalue weighted by atomic mass is 35.5. The first-order valence-corrected chi connectivity index (χ1v) is 7.23. The summed E-state index contributed by atoms with van der Waals surface area (Å²) < 4.78 is 0. The maximum atomic E-state index is 12.2. The highest BCUT2D eigenvalue weighted by Crippen LogP contribution is 2.26. The molecule has 0 aromatic carbocycles. The van der Waals surface area contributed by atoms with E-state index in [1.165, 1.54) is 12.3 Å². The summed E-state index contributed by atoms with van der Waals surface area (Å²) in [6, 6.07) is 3.11. The van der Waals surface area contributed by atoms with Crippen LogP contribution in [0.5, 0.6) is 0 Å². The second-order valence-electron chi connectivity index (χ2n) is 5.16. The van der Waals surface area contributed by atoms with Crippen molar-refractivity contribution in [2.45, 2.75) is 31.7 Å². The number of carbonyl (C=O) groups excluding carboxylic acids is 1. The molecule has 116 valence electrons. The van der Waals surface area contributed by atoms with Gasteiger partial charge < -0.3 is 15.7 Å². The molecule has 1 fully saturated rings. The van der Waals surface area contributed by atoms with Crippen molar-refractivity contribution >= 4 is 29.4 Å². The average molecular weight is 323 g/mol. The quantitative estimate of drug-likeness (QED) is 0.790. The summed E-state index contributed by atoms with van der Waals surface area (Å²) in [4.78, 5) is 26.9. The predicted octanol–water partition coefficient (Wildman–Crippen LogP) is 2.37. The molecule has 0 saturated heterocycles. The van der Waals surface area contributed by atoms with E-state index in [4.69, 9.17) is 22.0 Å². The molecule has 22 heavy (non-hydrogen) atoms. The van der Waals surface area contributed by atoms with Gasteiger partial charge in [-0.05, 0) is 19.3 Å². The van der Waals surface area contributed by atoms with Crippen molar-refractivity contribution in [1.29, 1.82) is 5.26 Å². The highest BCUT2D eigenvalue weighted by molar-refractivity contribution is 6.32. The Kier molecular flexibility index (Phi) is 5.17. The van der Waals surface area contributed by atoms with Gasteiger partial charge in [0.1, 0.15) is 11.9 Å². The Morgan fingerprint density at radius 2 is 2.23 bits per heavy atom. The Hall–Kier alpha value is -2.33. The van der Waals surface area contributed by atoms with Crippen molar-refractivity contribution in [3.05, 3.63) is 22.8 Å². The average Bonchev–Trinajstić information content (AvgIpc) is 2.47. The van der Waals surface area contributed by atoms with Gasteiger partial charge in [-0.2, -0.15) is 5.26 Å². The summed E-state index contributed by atoms with van der Waals surface area (Å²) in [7, 11) is 0. The second kappa shape index (κ2) is 7.09. The zero-order valence-corrected chi connectivity index (χ0v) is 12.4.